The average Bonchev–Trinajstić information content (AvgIpc) is 2.98. The molecule has 4 N–H and O–H groups in total. The standard InChI is InChI=1S/C15H13ClN6O3/c16-3-6-22(15(18)24)8-21-11-12(22)10(7-20-13(11)17)14(23)25-9-1-4-19-5-2-9/h1-2,4-5,7-8H,3,6H2,(H3-,17,18,20,23,24)/p+1. The number of fused-ring (bicyclic) bond motifs is 1. The number of hydrogen-bond donors (Lipinski definition) is 2. The van der Waals surface area contributed by atoms with Crippen LogP contribution in [0, 0.1) is 0 Å². The van der Waals surface area contributed by atoms with Gasteiger partial charge in [-0.3, -0.25) is 4.98 Å². The van der Waals surface area contributed by atoms with Gasteiger partial charge in [0, 0.05) is 12.4 Å². The third-order valence-corrected chi connectivity index (χ3v) is 3.92. The van der Waals surface area contributed by atoms with Gasteiger partial charge in [-0.15, -0.1) is 11.6 Å². The summed E-state index contributed by atoms with van der Waals surface area (Å²) in [5.41, 5.74) is 11.8. The van der Waals surface area contributed by atoms with E-state index in [1.807, 2.05) is 0 Å². The predicted octanol–water partition coefficient (Wildman–Crippen LogP) is 1.58. The van der Waals surface area contributed by atoms with Crippen LogP contribution >= 0.6 is 11.6 Å². The highest BCUT2D eigenvalue weighted by molar-refractivity contribution is 6.19. The number of hydrogen-bond acceptors (Lipinski definition) is 7. The number of nitrogen functional groups attached to an aromatic ring is 1. The number of carbonyl (C=O) groups excluding carboxylic acids is 2. The van der Waals surface area contributed by atoms with Gasteiger partial charge in [0.25, 0.3) is 0 Å². The Morgan fingerprint density at radius 1 is 1.28 bits per heavy atom. The number of quaternary nitrogens is 1. The molecule has 0 radical (unpaired) electrons. The van der Waals surface area contributed by atoms with Crippen molar-refractivity contribution in [3.63, 3.8) is 0 Å². The maximum absolute atomic E-state index is 12.6. The molecular weight excluding hydrogens is 348 g/mol. The van der Waals surface area contributed by atoms with E-state index in [4.69, 9.17) is 27.8 Å². The summed E-state index contributed by atoms with van der Waals surface area (Å²) in [6, 6.07) is 2.30. The van der Waals surface area contributed by atoms with Crippen molar-refractivity contribution >= 4 is 47.1 Å². The first-order chi connectivity index (χ1) is 12.0. The normalized spacial score (nSPS) is 18.0. The summed E-state index contributed by atoms with van der Waals surface area (Å²) in [5, 5.41) is 0. The van der Waals surface area contributed by atoms with Crippen molar-refractivity contribution < 1.29 is 14.3 Å². The van der Waals surface area contributed by atoms with Crippen molar-refractivity contribution in [3.8, 4) is 5.75 Å². The minimum atomic E-state index is -0.744. The van der Waals surface area contributed by atoms with E-state index in [1.165, 1.54) is 37.1 Å². The molecule has 1 aliphatic rings. The minimum absolute atomic E-state index is 0.0300. The number of urea groups is 1. The zero-order chi connectivity index (χ0) is 18.0. The summed E-state index contributed by atoms with van der Waals surface area (Å²) in [5.74, 6) is -0.254. The smallest absolute Gasteiger partial charge is 0.423 e. The molecule has 9 nitrogen and oxygen atoms in total. The molecule has 25 heavy (non-hydrogen) atoms. The average molecular weight is 362 g/mol. The number of pyridine rings is 2. The van der Waals surface area contributed by atoms with Crippen LogP contribution in [0.25, 0.3) is 0 Å². The molecule has 1 aliphatic heterocycles. The fourth-order valence-electron chi connectivity index (χ4n) is 2.55. The molecule has 0 bridgehead atoms. The topological polar surface area (TPSA) is 134 Å². The zero-order valence-corrected chi connectivity index (χ0v) is 13.7. The molecule has 128 valence electrons. The van der Waals surface area contributed by atoms with E-state index in [1.54, 1.807) is 0 Å². The van der Waals surface area contributed by atoms with Crippen LogP contribution in [-0.4, -0.2) is 40.7 Å². The van der Waals surface area contributed by atoms with Crippen LogP contribution in [0.4, 0.5) is 22.0 Å². The quantitative estimate of drug-likeness (QED) is 0.482. The number of nitrogens with zero attached hydrogens (tertiary/aromatic N) is 4. The summed E-state index contributed by atoms with van der Waals surface area (Å²) in [7, 11) is 0. The maximum Gasteiger partial charge on any atom is 0.425 e. The number of esters is 1. The van der Waals surface area contributed by atoms with Crippen LogP contribution in [-0.2, 0) is 0 Å². The number of aliphatic imine (C=N–C) groups is 1. The number of primary amides is 1. The van der Waals surface area contributed by atoms with Gasteiger partial charge in [-0.1, -0.05) is 0 Å². The lowest BCUT2D eigenvalue weighted by molar-refractivity contribution is 0.0734. The van der Waals surface area contributed by atoms with Gasteiger partial charge in [0.15, 0.2) is 17.2 Å². The summed E-state index contributed by atoms with van der Waals surface area (Å²) in [4.78, 5) is 36.7. The van der Waals surface area contributed by atoms with Gasteiger partial charge in [0.05, 0.1) is 12.1 Å². The van der Waals surface area contributed by atoms with Crippen LogP contribution in [0.1, 0.15) is 10.4 Å². The van der Waals surface area contributed by atoms with E-state index < -0.39 is 16.5 Å². The van der Waals surface area contributed by atoms with E-state index in [9.17, 15) is 9.59 Å². The summed E-state index contributed by atoms with van der Waals surface area (Å²) in [6.07, 6.45) is 5.50. The first-order valence-corrected chi connectivity index (χ1v) is 7.73. The fraction of sp³-hybridized carbons (Fsp3) is 0.133. The Labute approximate surface area is 147 Å². The third-order valence-electron chi connectivity index (χ3n) is 3.75. The Morgan fingerprint density at radius 3 is 2.64 bits per heavy atom. The van der Waals surface area contributed by atoms with Crippen molar-refractivity contribution in [2.45, 2.75) is 0 Å². The monoisotopic (exact) mass is 361 g/mol. The van der Waals surface area contributed by atoms with Gasteiger partial charge in [-0.05, 0) is 12.1 Å². The molecule has 2 aromatic heterocycles. The number of aromatic nitrogens is 2. The van der Waals surface area contributed by atoms with Crippen LogP contribution in [0.2, 0.25) is 0 Å². The van der Waals surface area contributed by atoms with Crippen molar-refractivity contribution in [3.05, 3.63) is 36.3 Å². The highest BCUT2D eigenvalue weighted by Crippen LogP contribution is 2.44. The highest BCUT2D eigenvalue weighted by Gasteiger charge is 2.47. The lowest BCUT2D eigenvalue weighted by Gasteiger charge is -2.26. The molecule has 3 heterocycles. The SMILES string of the molecule is NC(=O)[N+]1(CCCl)C=Nc2c(N)ncc(C(=O)Oc3ccncc3)c21. The molecule has 3 rings (SSSR count). The molecule has 1 atom stereocenters. The number of anilines is 1. The Bertz CT molecular complexity index is 873. The van der Waals surface area contributed by atoms with Crippen LogP contribution in [0.15, 0.2) is 35.7 Å². The summed E-state index contributed by atoms with van der Waals surface area (Å²) < 4.78 is 4.77. The van der Waals surface area contributed by atoms with E-state index in [0.717, 1.165) is 0 Å². The third kappa shape index (κ3) is 2.79. The van der Waals surface area contributed by atoms with Gasteiger partial charge in [0.1, 0.15) is 17.9 Å². The Kier molecular flexibility index (Phi) is 4.34. The van der Waals surface area contributed by atoms with Gasteiger partial charge in [-0.25, -0.2) is 14.6 Å². The molecule has 10 heteroatoms. The summed E-state index contributed by atoms with van der Waals surface area (Å²) >= 11 is 5.83. The van der Waals surface area contributed by atoms with Crippen molar-refractivity contribution in [1.82, 2.24) is 14.5 Å². The highest BCUT2D eigenvalue weighted by atomic mass is 35.5. The van der Waals surface area contributed by atoms with E-state index in [2.05, 4.69) is 15.0 Å². The second-order valence-corrected chi connectivity index (χ2v) is 5.57. The molecule has 0 fully saturated rings. The molecule has 0 aliphatic carbocycles. The molecule has 2 aromatic rings. The van der Waals surface area contributed by atoms with Crippen molar-refractivity contribution in [1.29, 1.82) is 0 Å². The number of ether oxygens (including phenoxy) is 1. The van der Waals surface area contributed by atoms with E-state index in [-0.39, 0.29) is 35.2 Å². The van der Waals surface area contributed by atoms with Gasteiger partial charge < -0.3 is 16.2 Å². The number of amides is 2. The Morgan fingerprint density at radius 2 is 2.00 bits per heavy atom. The maximum atomic E-state index is 12.6. The molecule has 0 saturated carbocycles. The molecule has 0 aromatic carbocycles. The largest absolute Gasteiger partial charge is 0.425 e. The number of nitrogens with two attached hydrogens (primary N) is 2. The van der Waals surface area contributed by atoms with Crippen LogP contribution in [0.3, 0.4) is 0 Å². The first kappa shape index (κ1) is 16.8. The number of alkyl halides is 1. The number of carbonyl (C=O) groups is 2. The lowest BCUT2D eigenvalue weighted by Crippen LogP contribution is -2.56. The number of halogens is 1. The minimum Gasteiger partial charge on any atom is -0.423 e. The zero-order valence-electron chi connectivity index (χ0n) is 12.9. The van der Waals surface area contributed by atoms with Crippen LogP contribution < -0.4 is 20.7 Å². The lowest BCUT2D eigenvalue weighted by atomic mass is 10.1. The van der Waals surface area contributed by atoms with Crippen molar-refractivity contribution in [2.24, 2.45) is 10.7 Å². The van der Waals surface area contributed by atoms with Gasteiger partial charge in [-0.2, -0.15) is 9.48 Å². The molecule has 1 unspecified atom stereocenters. The van der Waals surface area contributed by atoms with E-state index >= 15 is 0 Å². The van der Waals surface area contributed by atoms with E-state index in [0.29, 0.717) is 5.75 Å². The van der Waals surface area contributed by atoms with Gasteiger partial charge in [0.2, 0.25) is 6.34 Å². The number of rotatable bonds is 4. The summed E-state index contributed by atoms with van der Waals surface area (Å²) in [6.45, 7) is 0.104. The Balaban J connectivity index is 2.10. The molecular formula is C15H14ClN6O3+. The fourth-order valence-corrected chi connectivity index (χ4v) is 2.81. The second-order valence-electron chi connectivity index (χ2n) is 5.19. The van der Waals surface area contributed by atoms with Gasteiger partial charge >= 0.3 is 12.0 Å². The Hall–Kier alpha value is -3.04. The van der Waals surface area contributed by atoms with Crippen LogP contribution in [0.5, 0.6) is 5.75 Å². The predicted molar refractivity (Wildman–Crippen MR) is 93.0 cm³/mol. The molecule has 0 spiro atoms. The molecule has 0 saturated heterocycles. The molecule has 2 amide bonds. The first-order valence-electron chi connectivity index (χ1n) is 7.20. The van der Waals surface area contributed by atoms with Crippen molar-refractivity contribution in [2.75, 3.05) is 18.2 Å². The second kappa shape index (κ2) is 6.46.